The number of nitrogens with one attached hydrogen (secondary N) is 1. The molecule has 0 fully saturated rings. The van der Waals surface area contributed by atoms with E-state index in [1.54, 1.807) is 18.0 Å². The van der Waals surface area contributed by atoms with Crippen LogP contribution in [0.25, 0.3) is 11.0 Å². The summed E-state index contributed by atoms with van der Waals surface area (Å²) >= 11 is 1.59. The topological polar surface area (TPSA) is 80.5 Å². The predicted octanol–water partition coefficient (Wildman–Crippen LogP) is 2.70. The minimum atomic E-state index is 0.254. The van der Waals surface area contributed by atoms with Crippen molar-refractivity contribution >= 4 is 28.7 Å². The zero-order chi connectivity index (χ0) is 13.4. The monoisotopic (exact) mass is 271 g/mol. The Morgan fingerprint density at radius 1 is 1.21 bits per heavy atom. The highest BCUT2D eigenvalue weighted by atomic mass is 32.2. The molecule has 0 bridgehead atoms. The van der Waals surface area contributed by atoms with Crippen LogP contribution in [0.1, 0.15) is 11.1 Å². The molecule has 96 valence electrons. The van der Waals surface area contributed by atoms with Crippen LogP contribution >= 0.6 is 11.8 Å². The first-order valence-electron chi connectivity index (χ1n) is 5.85. The number of aryl methyl sites for hydroxylation is 2. The minimum absolute atomic E-state index is 0.254. The van der Waals surface area contributed by atoms with Crippen LogP contribution in [-0.4, -0.2) is 20.2 Å². The Morgan fingerprint density at radius 2 is 2.05 bits per heavy atom. The van der Waals surface area contributed by atoms with E-state index in [1.807, 2.05) is 0 Å². The van der Waals surface area contributed by atoms with E-state index < -0.39 is 0 Å². The Hall–Kier alpha value is -2.08. The maximum Gasteiger partial charge on any atom is 0.223 e. The third-order valence-corrected chi connectivity index (χ3v) is 4.01. The van der Waals surface area contributed by atoms with Gasteiger partial charge in [-0.25, -0.2) is 4.98 Å². The lowest BCUT2D eigenvalue weighted by molar-refractivity contribution is 1.08. The van der Waals surface area contributed by atoms with Gasteiger partial charge >= 0.3 is 0 Å². The molecule has 0 radical (unpaired) electrons. The van der Waals surface area contributed by atoms with Crippen molar-refractivity contribution in [2.24, 2.45) is 0 Å². The van der Waals surface area contributed by atoms with Gasteiger partial charge in [0.25, 0.3) is 0 Å². The van der Waals surface area contributed by atoms with Gasteiger partial charge in [0.2, 0.25) is 5.95 Å². The molecule has 0 saturated heterocycles. The third kappa shape index (κ3) is 2.26. The number of aromatic amines is 1. The zero-order valence-electron chi connectivity index (χ0n) is 10.6. The largest absolute Gasteiger partial charge is 0.368 e. The predicted molar refractivity (Wildman–Crippen MR) is 76.1 cm³/mol. The summed E-state index contributed by atoms with van der Waals surface area (Å²) in [5, 5.41) is 8.52. The van der Waals surface area contributed by atoms with Crippen LogP contribution in [0.2, 0.25) is 0 Å². The lowest BCUT2D eigenvalue weighted by Gasteiger charge is -2.07. The van der Waals surface area contributed by atoms with E-state index in [1.165, 1.54) is 16.0 Å². The van der Waals surface area contributed by atoms with E-state index in [0.717, 1.165) is 10.4 Å². The Labute approximate surface area is 114 Å². The number of aromatic nitrogens is 4. The van der Waals surface area contributed by atoms with Crippen molar-refractivity contribution in [3.63, 3.8) is 0 Å². The average molecular weight is 271 g/mol. The van der Waals surface area contributed by atoms with Crippen molar-refractivity contribution in [3.05, 3.63) is 35.5 Å². The Morgan fingerprint density at radius 3 is 2.89 bits per heavy atom. The second kappa shape index (κ2) is 4.55. The van der Waals surface area contributed by atoms with Gasteiger partial charge in [-0.2, -0.15) is 10.1 Å². The molecule has 0 saturated carbocycles. The number of H-pyrrole nitrogens is 1. The fraction of sp³-hybridized carbons (Fsp3) is 0.154. The fourth-order valence-corrected chi connectivity index (χ4v) is 2.90. The molecule has 0 spiro atoms. The average Bonchev–Trinajstić information content (AvgIpc) is 2.82. The molecule has 0 aliphatic rings. The van der Waals surface area contributed by atoms with Gasteiger partial charge in [0, 0.05) is 4.90 Å². The molecule has 2 aromatic heterocycles. The molecule has 5 nitrogen and oxygen atoms in total. The van der Waals surface area contributed by atoms with E-state index >= 15 is 0 Å². The number of benzene rings is 1. The molecule has 0 unspecified atom stereocenters. The van der Waals surface area contributed by atoms with Crippen LogP contribution in [0.15, 0.2) is 34.3 Å². The molecule has 3 rings (SSSR count). The maximum atomic E-state index is 5.72. The Bertz CT molecular complexity index is 750. The molecule has 3 aromatic rings. The van der Waals surface area contributed by atoms with Crippen LogP contribution < -0.4 is 5.73 Å². The molecule has 0 amide bonds. The number of nitrogen functional groups attached to an aromatic ring is 1. The van der Waals surface area contributed by atoms with E-state index in [9.17, 15) is 0 Å². The molecule has 3 N–H and O–H groups in total. The molecular formula is C13H13N5S. The number of fused-ring (bicyclic) bond motifs is 1. The quantitative estimate of drug-likeness (QED) is 0.700. The summed E-state index contributed by atoms with van der Waals surface area (Å²) in [6, 6.07) is 6.35. The second-order valence-electron chi connectivity index (χ2n) is 4.39. The molecular weight excluding hydrogens is 258 g/mol. The van der Waals surface area contributed by atoms with Gasteiger partial charge in [-0.1, -0.05) is 23.9 Å². The molecule has 0 aliphatic carbocycles. The van der Waals surface area contributed by atoms with Crippen molar-refractivity contribution in [2.45, 2.75) is 23.8 Å². The third-order valence-electron chi connectivity index (χ3n) is 2.84. The summed E-state index contributed by atoms with van der Waals surface area (Å²) in [7, 11) is 0. The van der Waals surface area contributed by atoms with Crippen LogP contribution in [0.5, 0.6) is 0 Å². The first-order chi connectivity index (χ1) is 9.13. The number of hydrogen-bond donors (Lipinski definition) is 2. The van der Waals surface area contributed by atoms with Crippen LogP contribution in [0.4, 0.5) is 5.95 Å². The van der Waals surface area contributed by atoms with Gasteiger partial charge in [0.05, 0.1) is 11.6 Å². The SMILES string of the molecule is Cc1ccc(C)c(Sc2nc(N)nc3[nH]ncc23)c1. The number of anilines is 1. The normalized spacial score (nSPS) is 11.1. The Balaban J connectivity index is 2.10. The maximum absolute atomic E-state index is 5.72. The summed E-state index contributed by atoms with van der Waals surface area (Å²) < 4.78 is 0. The summed E-state index contributed by atoms with van der Waals surface area (Å²) in [5.74, 6) is 0.254. The number of nitrogens with zero attached hydrogens (tertiary/aromatic N) is 3. The van der Waals surface area contributed by atoms with Gasteiger partial charge in [-0.15, -0.1) is 0 Å². The molecule has 1 aromatic carbocycles. The van der Waals surface area contributed by atoms with E-state index in [-0.39, 0.29) is 5.95 Å². The highest BCUT2D eigenvalue weighted by Gasteiger charge is 2.11. The molecule has 0 atom stereocenters. The van der Waals surface area contributed by atoms with Crippen molar-refractivity contribution in [1.29, 1.82) is 0 Å². The van der Waals surface area contributed by atoms with Crippen molar-refractivity contribution in [1.82, 2.24) is 20.2 Å². The van der Waals surface area contributed by atoms with E-state index in [2.05, 4.69) is 52.2 Å². The lowest BCUT2D eigenvalue weighted by Crippen LogP contribution is -1.96. The second-order valence-corrected chi connectivity index (χ2v) is 5.42. The highest BCUT2D eigenvalue weighted by molar-refractivity contribution is 7.99. The van der Waals surface area contributed by atoms with Gasteiger partial charge in [0.1, 0.15) is 5.03 Å². The van der Waals surface area contributed by atoms with Crippen molar-refractivity contribution < 1.29 is 0 Å². The van der Waals surface area contributed by atoms with Crippen LogP contribution in [0, 0.1) is 13.8 Å². The van der Waals surface area contributed by atoms with Gasteiger partial charge < -0.3 is 5.73 Å². The summed E-state index contributed by atoms with van der Waals surface area (Å²) in [6.45, 7) is 4.16. The first kappa shape index (κ1) is 12.0. The van der Waals surface area contributed by atoms with Crippen LogP contribution in [0.3, 0.4) is 0 Å². The Kier molecular flexibility index (Phi) is 2.87. The fourth-order valence-electron chi connectivity index (χ4n) is 1.82. The number of rotatable bonds is 2. The summed E-state index contributed by atoms with van der Waals surface area (Å²) in [5.41, 5.74) is 8.82. The van der Waals surface area contributed by atoms with Gasteiger partial charge in [0.15, 0.2) is 5.65 Å². The van der Waals surface area contributed by atoms with Gasteiger partial charge in [-0.05, 0) is 31.0 Å². The minimum Gasteiger partial charge on any atom is -0.368 e. The smallest absolute Gasteiger partial charge is 0.223 e. The van der Waals surface area contributed by atoms with Crippen LogP contribution in [-0.2, 0) is 0 Å². The molecule has 6 heteroatoms. The molecule has 0 aliphatic heterocycles. The van der Waals surface area contributed by atoms with Crippen molar-refractivity contribution in [2.75, 3.05) is 5.73 Å². The number of nitrogens with two attached hydrogens (primary N) is 1. The van der Waals surface area contributed by atoms with Gasteiger partial charge in [-0.3, -0.25) is 5.10 Å². The summed E-state index contributed by atoms with van der Waals surface area (Å²) in [6.07, 6.45) is 1.72. The van der Waals surface area contributed by atoms with Crippen molar-refractivity contribution in [3.8, 4) is 0 Å². The first-order valence-corrected chi connectivity index (χ1v) is 6.67. The molecule has 2 heterocycles. The highest BCUT2D eigenvalue weighted by Crippen LogP contribution is 2.33. The lowest BCUT2D eigenvalue weighted by atomic mass is 10.2. The standard InChI is InChI=1S/C13H13N5S/c1-7-3-4-8(2)10(5-7)19-12-9-6-15-18-11(9)16-13(14)17-12/h3-6H,1-2H3,(H3,14,15,16,17,18). The summed E-state index contributed by atoms with van der Waals surface area (Å²) in [4.78, 5) is 9.59. The molecule has 19 heavy (non-hydrogen) atoms. The van der Waals surface area contributed by atoms with E-state index in [0.29, 0.717) is 5.65 Å². The number of hydrogen-bond acceptors (Lipinski definition) is 5. The van der Waals surface area contributed by atoms with E-state index in [4.69, 9.17) is 5.73 Å². The zero-order valence-corrected chi connectivity index (χ0v) is 11.5.